The molecular weight excluding hydrogens is 509 g/mol. The molecule has 0 radical (unpaired) electrons. The minimum absolute atomic E-state index is 0.248. The second kappa shape index (κ2) is 6.70. The molecule has 0 aliphatic rings. The fourth-order valence-corrected chi connectivity index (χ4v) is 4.59. The highest BCUT2D eigenvalue weighted by Gasteiger charge is 2.08. The Morgan fingerprint density at radius 2 is 1.53 bits per heavy atom. The molecule has 1 N–H and O–H groups in total. The first-order valence-corrected chi connectivity index (χ1v) is 8.47. The molecule has 0 bridgehead atoms. The number of hydrogen-bond donors (Lipinski definition) is 1. The normalized spacial score (nSPS) is 10.6. The maximum absolute atomic E-state index is 13.0. The van der Waals surface area contributed by atoms with Crippen molar-refractivity contribution in [3.8, 4) is 0 Å². The van der Waals surface area contributed by atoms with Crippen molar-refractivity contribution in [1.29, 1.82) is 0 Å². The van der Waals surface area contributed by atoms with Crippen LogP contribution in [0.1, 0.15) is 5.56 Å². The molecule has 2 aromatic carbocycles. The molecule has 1 nitrogen and oxygen atoms in total. The fourth-order valence-electron chi connectivity index (χ4n) is 1.56. The Morgan fingerprint density at radius 1 is 0.895 bits per heavy atom. The third-order valence-corrected chi connectivity index (χ3v) is 4.92. The second-order valence-electron chi connectivity index (χ2n) is 3.83. The Kier molecular flexibility index (Phi) is 5.45. The number of hydrogen-bond acceptors (Lipinski definition) is 1. The number of anilines is 1. The molecule has 0 atom stereocenters. The van der Waals surface area contributed by atoms with Crippen LogP contribution in [0.2, 0.25) is 0 Å². The minimum Gasteiger partial charge on any atom is -0.379 e. The molecule has 0 aromatic heterocycles. The molecule has 0 saturated heterocycles. The van der Waals surface area contributed by atoms with E-state index in [9.17, 15) is 4.39 Å². The predicted octanol–water partition coefficient (Wildman–Crippen LogP) is 6.49. The van der Waals surface area contributed by atoms with Crippen LogP contribution in [0.25, 0.3) is 0 Å². The van der Waals surface area contributed by atoms with Crippen LogP contribution in [0.3, 0.4) is 0 Å². The van der Waals surface area contributed by atoms with Crippen molar-refractivity contribution in [3.05, 3.63) is 59.6 Å². The van der Waals surface area contributed by atoms with Gasteiger partial charge < -0.3 is 5.32 Å². The van der Waals surface area contributed by atoms with Gasteiger partial charge in [-0.05, 0) is 61.7 Å². The summed E-state index contributed by atoms with van der Waals surface area (Å²) in [6.07, 6.45) is 0. The summed E-state index contributed by atoms with van der Waals surface area (Å²) >= 11 is 13.8. The Hall–Kier alpha value is 0.0900. The number of nitrogens with one attached hydrogen (secondary N) is 1. The van der Waals surface area contributed by atoms with Gasteiger partial charge in [0.2, 0.25) is 0 Å². The quantitative estimate of drug-likeness (QED) is 0.492. The Morgan fingerprint density at radius 3 is 2.11 bits per heavy atom. The average molecular weight is 517 g/mol. The second-order valence-corrected chi connectivity index (χ2v) is 7.31. The molecule has 0 saturated carbocycles. The van der Waals surface area contributed by atoms with Gasteiger partial charge in [-0.25, -0.2) is 4.39 Å². The van der Waals surface area contributed by atoms with Gasteiger partial charge in [0.1, 0.15) is 5.82 Å². The SMILES string of the molecule is Fc1ccc(CNc2c(Br)cc(Br)cc2Br)c(Br)c1. The zero-order valence-corrected chi connectivity index (χ0v) is 15.8. The molecule has 0 spiro atoms. The molecule has 0 aliphatic heterocycles. The van der Waals surface area contributed by atoms with Crippen molar-refractivity contribution in [1.82, 2.24) is 0 Å². The van der Waals surface area contributed by atoms with Gasteiger partial charge in [-0.2, -0.15) is 0 Å². The van der Waals surface area contributed by atoms with E-state index in [2.05, 4.69) is 69.0 Å². The summed E-state index contributed by atoms with van der Waals surface area (Å²) in [4.78, 5) is 0. The van der Waals surface area contributed by atoms with E-state index in [0.29, 0.717) is 6.54 Å². The van der Waals surface area contributed by atoms with Crippen LogP contribution < -0.4 is 5.32 Å². The Labute approximate surface area is 144 Å². The van der Waals surface area contributed by atoms with E-state index in [1.807, 2.05) is 12.1 Å². The highest BCUT2D eigenvalue weighted by molar-refractivity contribution is 9.11. The third kappa shape index (κ3) is 4.03. The van der Waals surface area contributed by atoms with Gasteiger partial charge in [-0.1, -0.05) is 37.9 Å². The van der Waals surface area contributed by atoms with Crippen molar-refractivity contribution in [2.24, 2.45) is 0 Å². The number of rotatable bonds is 3. The zero-order chi connectivity index (χ0) is 14.0. The molecule has 0 amide bonds. The Bertz CT molecular complexity index is 593. The summed E-state index contributed by atoms with van der Waals surface area (Å²) in [6.45, 7) is 0.597. The molecule has 0 heterocycles. The monoisotopic (exact) mass is 513 g/mol. The molecule has 19 heavy (non-hydrogen) atoms. The van der Waals surface area contributed by atoms with Crippen LogP contribution in [-0.4, -0.2) is 0 Å². The van der Waals surface area contributed by atoms with Crippen LogP contribution in [0.15, 0.2) is 48.2 Å². The van der Waals surface area contributed by atoms with Gasteiger partial charge in [0, 0.05) is 24.4 Å². The maximum Gasteiger partial charge on any atom is 0.124 e. The minimum atomic E-state index is -0.248. The lowest BCUT2D eigenvalue weighted by molar-refractivity contribution is 0.626. The summed E-state index contributed by atoms with van der Waals surface area (Å²) in [6, 6.07) is 8.60. The highest BCUT2D eigenvalue weighted by Crippen LogP contribution is 2.35. The van der Waals surface area contributed by atoms with Crippen molar-refractivity contribution in [2.45, 2.75) is 6.54 Å². The molecule has 0 fully saturated rings. The first-order chi connectivity index (χ1) is 8.97. The van der Waals surface area contributed by atoms with E-state index in [0.717, 1.165) is 29.1 Å². The molecule has 6 heteroatoms. The van der Waals surface area contributed by atoms with E-state index in [1.54, 1.807) is 6.07 Å². The predicted molar refractivity (Wildman–Crippen MR) is 91.0 cm³/mol. The third-order valence-electron chi connectivity index (χ3n) is 2.48. The van der Waals surface area contributed by atoms with E-state index in [-0.39, 0.29) is 5.82 Å². The lowest BCUT2D eigenvalue weighted by atomic mass is 10.2. The molecule has 2 rings (SSSR count). The van der Waals surface area contributed by atoms with Crippen LogP contribution in [0.4, 0.5) is 10.1 Å². The lowest BCUT2D eigenvalue weighted by Crippen LogP contribution is -2.02. The van der Waals surface area contributed by atoms with Crippen LogP contribution in [0, 0.1) is 5.82 Å². The van der Waals surface area contributed by atoms with Gasteiger partial charge in [-0.3, -0.25) is 0 Å². The van der Waals surface area contributed by atoms with Crippen molar-refractivity contribution in [2.75, 3.05) is 5.32 Å². The molecular formula is C13H8Br4FN. The molecule has 2 aromatic rings. The zero-order valence-electron chi connectivity index (χ0n) is 9.48. The van der Waals surface area contributed by atoms with Gasteiger partial charge in [0.05, 0.1) is 5.69 Å². The van der Waals surface area contributed by atoms with Crippen molar-refractivity contribution in [3.63, 3.8) is 0 Å². The first kappa shape index (κ1) is 15.5. The number of halogens is 5. The summed E-state index contributed by atoms with van der Waals surface area (Å²) in [5.41, 5.74) is 1.95. The number of benzene rings is 2. The fraction of sp³-hybridized carbons (Fsp3) is 0.0769. The van der Waals surface area contributed by atoms with Crippen molar-refractivity contribution >= 4 is 69.4 Å². The summed E-state index contributed by atoms with van der Waals surface area (Å²) in [7, 11) is 0. The summed E-state index contributed by atoms with van der Waals surface area (Å²) in [5, 5.41) is 3.32. The summed E-state index contributed by atoms with van der Waals surface area (Å²) in [5.74, 6) is -0.248. The van der Waals surface area contributed by atoms with Crippen LogP contribution in [0.5, 0.6) is 0 Å². The van der Waals surface area contributed by atoms with Gasteiger partial charge in [0.25, 0.3) is 0 Å². The van der Waals surface area contributed by atoms with Crippen molar-refractivity contribution < 1.29 is 4.39 Å². The topological polar surface area (TPSA) is 12.0 Å². The van der Waals surface area contributed by atoms with E-state index < -0.39 is 0 Å². The van der Waals surface area contributed by atoms with Gasteiger partial charge in [-0.15, -0.1) is 0 Å². The highest BCUT2D eigenvalue weighted by atomic mass is 79.9. The van der Waals surface area contributed by atoms with E-state index >= 15 is 0 Å². The largest absolute Gasteiger partial charge is 0.379 e. The molecule has 0 unspecified atom stereocenters. The van der Waals surface area contributed by atoms with Crippen LogP contribution in [-0.2, 0) is 6.54 Å². The first-order valence-electron chi connectivity index (χ1n) is 5.29. The van der Waals surface area contributed by atoms with Gasteiger partial charge in [0.15, 0.2) is 0 Å². The standard InChI is InChI=1S/C13H8Br4FN/c14-8-3-11(16)13(12(17)4-8)19-6-7-1-2-9(18)5-10(7)15/h1-5,19H,6H2. The average Bonchev–Trinajstić information content (AvgIpc) is 2.30. The lowest BCUT2D eigenvalue weighted by Gasteiger charge is -2.12. The van der Waals surface area contributed by atoms with Gasteiger partial charge >= 0.3 is 0 Å². The summed E-state index contributed by atoms with van der Waals surface area (Å²) < 4.78 is 16.7. The Balaban J connectivity index is 2.19. The molecule has 100 valence electrons. The van der Waals surface area contributed by atoms with Crippen LogP contribution >= 0.6 is 63.7 Å². The maximum atomic E-state index is 13.0. The molecule has 0 aliphatic carbocycles. The van der Waals surface area contributed by atoms with E-state index in [4.69, 9.17) is 0 Å². The smallest absolute Gasteiger partial charge is 0.124 e. The van der Waals surface area contributed by atoms with E-state index in [1.165, 1.54) is 12.1 Å².